The van der Waals surface area contributed by atoms with Gasteiger partial charge >= 0.3 is 0 Å². The Bertz CT molecular complexity index is 386. The van der Waals surface area contributed by atoms with Crippen LogP contribution in [0.5, 0.6) is 0 Å². The fourth-order valence-corrected chi connectivity index (χ4v) is 3.20. The standard InChI is InChI=1S/C15H21BrFN/c1-2-3-11-4-6-12(7-5-11)18-13-8-9-15(17)14(16)10-13/h8-12,18H,2-7H2,1H3. The zero-order valence-electron chi connectivity index (χ0n) is 10.9. The monoisotopic (exact) mass is 313 g/mol. The summed E-state index contributed by atoms with van der Waals surface area (Å²) in [5, 5.41) is 3.51. The number of nitrogens with one attached hydrogen (secondary N) is 1. The third-order valence-electron chi connectivity index (χ3n) is 3.83. The highest BCUT2D eigenvalue weighted by Gasteiger charge is 2.20. The van der Waals surface area contributed by atoms with Gasteiger partial charge in [-0.3, -0.25) is 0 Å². The fraction of sp³-hybridized carbons (Fsp3) is 0.600. The second-order valence-corrected chi connectivity index (χ2v) is 6.13. The van der Waals surface area contributed by atoms with Crippen LogP contribution >= 0.6 is 15.9 Å². The average Bonchev–Trinajstić information content (AvgIpc) is 2.37. The molecule has 100 valence electrons. The molecule has 1 aliphatic carbocycles. The molecule has 0 aromatic heterocycles. The minimum absolute atomic E-state index is 0.202. The van der Waals surface area contributed by atoms with Crippen molar-refractivity contribution in [2.75, 3.05) is 5.32 Å². The van der Waals surface area contributed by atoms with Crippen molar-refractivity contribution in [1.82, 2.24) is 0 Å². The zero-order chi connectivity index (χ0) is 13.0. The van der Waals surface area contributed by atoms with Crippen molar-refractivity contribution in [3.8, 4) is 0 Å². The van der Waals surface area contributed by atoms with Crippen molar-refractivity contribution in [2.24, 2.45) is 5.92 Å². The lowest BCUT2D eigenvalue weighted by Crippen LogP contribution is -2.26. The summed E-state index contributed by atoms with van der Waals surface area (Å²) in [6.07, 6.45) is 7.80. The van der Waals surface area contributed by atoms with Gasteiger partial charge in [-0.15, -0.1) is 0 Å². The van der Waals surface area contributed by atoms with Gasteiger partial charge in [-0.1, -0.05) is 19.8 Å². The van der Waals surface area contributed by atoms with Crippen molar-refractivity contribution in [3.63, 3.8) is 0 Å². The Morgan fingerprint density at radius 1 is 1.28 bits per heavy atom. The van der Waals surface area contributed by atoms with Gasteiger partial charge in [0.1, 0.15) is 5.82 Å². The van der Waals surface area contributed by atoms with E-state index in [4.69, 9.17) is 0 Å². The normalized spacial score (nSPS) is 23.9. The Morgan fingerprint density at radius 3 is 2.61 bits per heavy atom. The molecule has 18 heavy (non-hydrogen) atoms. The summed E-state index contributed by atoms with van der Waals surface area (Å²) in [6.45, 7) is 2.26. The topological polar surface area (TPSA) is 12.0 Å². The van der Waals surface area contributed by atoms with Crippen molar-refractivity contribution in [1.29, 1.82) is 0 Å². The molecule has 1 saturated carbocycles. The lowest BCUT2D eigenvalue weighted by Gasteiger charge is -2.29. The number of rotatable bonds is 4. The second kappa shape index (κ2) is 6.55. The molecule has 1 aromatic carbocycles. The van der Waals surface area contributed by atoms with Gasteiger partial charge in [0.15, 0.2) is 0 Å². The third kappa shape index (κ3) is 3.71. The molecule has 0 bridgehead atoms. The maximum atomic E-state index is 13.1. The summed E-state index contributed by atoms with van der Waals surface area (Å²) in [4.78, 5) is 0. The van der Waals surface area contributed by atoms with E-state index in [1.807, 2.05) is 12.1 Å². The maximum absolute atomic E-state index is 13.1. The van der Waals surface area contributed by atoms with Gasteiger partial charge in [0, 0.05) is 11.7 Å². The Kier molecular flexibility index (Phi) is 5.04. The first-order chi connectivity index (χ1) is 8.69. The molecule has 0 aliphatic heterocycles. The third-order valence-corrected chi connectivity index (χ3v) is 4.44. The van der Waals surface area contributed by atoms with Gasteiger partial charge in [0.25, 0.3) is 0 Å². The predicted molar refractivity (Wildman–Crippen MR) is 78.4 cm³/mol. The summed E-state index contributed by atoms with van der Waals surface area (Å²) in [5.41, 5.74) is 1.02. The van der Waals surface area contributed by atoms with E-state index in [-0.39, 0.29) is 5.82 Å². The predicted octanol–water partition coefficient (Wildman–Crippen LogP) is 5.36. The quantitative estimate of drug-likeness (QED) is 0.789. The number of benzene rings is 1. The summed E-state index contributed by atoms with van der Waals surface area (Å²) < 4.78 is 13.7. The Hall–Kier alpha value is -0.570. The molecule has 0 spiro atoms. The van der Waals surface area contributed by atoms with Crippen LogP contribution < -0.4 is 5.32 Å². The molecule has 1 fully saturated rings. The molecule has 3 heteroatoms. The van der Waals surface area contributed by atoms with E-state index >= 15 is 0 Å². The summed E-state index contributed by atoms with van der Waals surface area (Å²) in [7, 11) is 0. The minimum Gasteiger partial charge on any atom is -0.382 e. The molecule has 0 radical (unpaired) electrons. The van der Waals surface area contributed by atoms with Crippen molar-refractivity contribution in [2.45, 2.75) is 51.5 Å². The van der Waals surface area contributed by atoms with Crippen LogP contribution in [0.2, 0.25) is 0 Å². The Labute approximate surface area is 117 Å². The number of anilines is 1. The van der Waals surface area contributed by atoms with Crippen LogP contribution in [0.3, 0.4) is 0 Å². The lowest BCUT2D eigenvalue weighted by atomic mass is 9.83. The lowest BCUT2D eigenvalue weighted by molar-refractivity contribution is 0.319. The molecule has 0 heterocycles. The molecule has 1 nitrogen and oxygen atoms in total. The van der Waals surface area contributed by atoms with Gasteiger partial charge in [0.05, 0.1) is 4.47 Å². The first kappa shape index (κ1) is 13.9. The van der Waals surface area contributed by atoms with E-state index in [1.54, 1.807) is 0 Å². The van der Waals surface area contributed by atoms with Crippen LogP contribution in [0.25, 0.3) is 0 Å². The SMILES string of the molecule is CCCC1CCC(Nc2ccc(F)c(Br)c2)CC1. The molecule has 1 aliphatic rings. The largest absolute Gasteiger partial charge is 0.382 e. The average molecular weight is 314 g/mol. The minimum atomic E-state index is -0.202. The highest BCUT2D eigenvalue weighted by atomic mass is 79.9. The molecular weight excluding hydrogens is 293 g/mol. The van der Waals surface area contributed by atoms with Gasteiger partial charge in [-0.05, 0) is 65.7 Å². The van der Waals surface area contributed by atoms with E-state index in [9.17, 15) is 4.39 Å². The van der Waals surface area contributed by atoms with Crippen molar-refractivity contribution in [3.05, 3.63) is 28.5 Å². The molecule has 2 rings (SSSR count). The smallest absolute Gasteiger partial charge is 0.137 e. The summed E-state index contributed by atoms with van der Waals surface area (Å²) in [5.74, 6) is 0.722. The number of halogens is 2. The molecule has 0 unspecified atom stereocenters. The van der Waals surface area contributed by atoms with E-state index in [0.717, 1.165) is 11.6 Å². The van der Waals surface area contributed by atoms with Crippen LogP contribution in [0.1, 0.15) is 45.4 Å². The van der Waals surface area contributed by atoms with Gasteiger partial charge < -0.3 is 5.32 Å². The summed E-state index contributed by atoms with van der Waals surface area (Å²) >= 11 is 3.23. The Morgan fingerprint density at radius 2 is 2.00 bits per heavy atom. The van der Waals surface area contributed by atoms with Crippen molar-refractivity contribution < 1.29 is 4.39 Å². The van der Waals surface area contributed by atoms with Crippen LogP contribution in [-0.2, 0) is 0 Å². The maximum Gasteiger partial charge on any atom is 0.137 e. The van der Waals surface area contributed by atoms with E-state index in [0.29, 0.717) is 10.5 Å². The highest BCUT2D eigenvalue weighted by molar-refractivity contribution is 9.10. The van der Waals surface area contributed by atoms with Crippen LogP contribution in [0.15, 0.2) is 22.7 Å². The first-order valence-corrected chi connectivity index (χ1v) is 7.70. The van der Waals surface area contributed by atoms with E-state index in [2.05, 4.69) is 28.2 Å². The molecule has 1 aromatic rings. The van der Waals surface area contributed by atoms with Crippen molar-refractivity contribution >= 4 is 21.6 Å². The molecule has 1 N–H and O–H groups in total. The van der Waals surface area contributed by atoms with Crippen LogP contribution in [-0.4, -0.2) is 6.04 Å². The molecule has 0 saturated heterocycles. The molecule has 0 amide bonds. The zero-order valence-corrected chi connectivity index (χ0v) is 12.5. The van der Waals surface area contributed by atoms with E-state index in [1.165, 1.54) is 44.6 Å². The fourth-order valence-electron chi connectivity index (χ4n) is 2.83. The van der Waals surface area contributed by atoms with Crippen LogP contribution in [0.4, 0.5) is 10.1 Å². The highest BCUT2D eigenvalue weighted by Crippen LogP contribution is 2.30. The second-order valence-electron chi connectivity index (χ2n) is 5.28. The van der Waals surface area contributed by atoms with E-state index < -0.39 is 0 Å². The van der Waals surface area contributed by atoms with Crippen LogP contribution in [0, 0.1) is 11.7 Å². The van der Waals surface area contributed by atoms with Gasteiger partial charge in [-0.25, -0.2) is 4.39 Å². The Balaban J connectivity index is 1.85. The number of hydrogen-bond donors (Lipinski definition) is 1. The number of hydrogen-bond acceptors (Lipinski definition) is 1. The molecular formula is C15H21BrFN. The molecule has 0 atom stereocenters. The van der Waals surface area contributed by atoms with Gasteiger partial charge in [0.2, 0.25) is 0 Å². The summed E-state index contributed by atoms with van der Waals surface area (Å²) in [6, 6.07) is 5.70. The van der Waals surface area contributed by atoms with Gasteiger partial charge in [-0.2, -0.15) is 0 Å². The first-order valence-electron chi connectivity index (χ1n) is 6.90.